The minimum absolute atomic E-state index is 0.0849. The summed E-state index contributed by atoms with van der Waals surface area (Å²) in [6.45, 7) is 2.53. The number of carboxylic acids is 1. The fourth-order valence-electron chi connectivity index (χ4n) is 2.04. The third-order valence-electron chi connectivity index (χ3n) is 3.14. The highest BCUT2D eigenvalue weighted by Crippen LogP contribution is 2.31. The number of carboxylic acid groups (broad SMARTS) is 1. The van der Waals surface area contributed by atoms with Crippen molar-refractivity contribution >= 4 is 35.2 Å². The van der Waals surface area contributed by atoms with Gasteiger partial charge in [0, 0.05) is 11.4 Å². The number of carbonyl (C=O) groups excluding carboxylic acids is 1. The minimum atomic E-state index is -1.04. The maximum Gasteiger partial charge on any atom is 0.334 e. The van der Waals surface area contributed by atoms with Crippen LogP contribution in [-0.4, -0.2) is 52.9 Å². The quantitative estimate of drug-likeness (QED) is 0.857. The SMILES string of the molecule is CC(Sc1ccccc1Cl)C(=O)N1CCOC(C(=O)O)C1. The third kappa shape index (κ3) is 4.12. The summed E-state index contributed by atoms with van der Waals surface area (Å²) in [7, 11) is 0. The van der Waals surface area contributed by atoms with Crippen molar-refractivity contribution in [3.63, 3.8) is 0 Å². The van der Waals surface area contributed by atoms with Crippen LogP contribution >= 0.6 is 23.4 Å². The van der Waals surface area contributed by atoms with E-state index in [0.717, 1.165) is 4.90 Å². The van der Waals surface area contributed by atoms with Gasteiger partial charge in [-0.2, -0.15) is 0 Å². The average molecular weight is 330 g/mol. The number of benzene rings is 1. The van der Waals surface area contributed by atoms with Crippen LogP contribution in [-0.2, 0) is 14.3 Å². The molecule has 1 amide bonds. The topological polar surface area (TPSA) is 66.8 Å². The van der Waals surface area contributed by atoms with Gasteiger partial charge in [0.25, 0.3) is 0 Å². The van der Waals surface area contributed by atoms with Crippen molar-refractivity contribution in [1.82, 2.24) is 4.90 Å². The van der Waals surface area contributed by atoms with E-state index in [2.05, 4.69) is 0 Å². The number of amides is 1. The van der Waals surface area contributed by atoms with Crippen LogP contribution in [0.5, 0.6) is 0 Å². The second-order valence-corrected chi connectivity index (χ2v) is 6.46. The Balaban J connectivity index is 1.99. The molecule has 1 heterocycles. The first kappa shape index (κ1) is 16.1. The Morgan fingerprint density at radius 2 is 2.19 bits per heavy atom. The Kier molecular flexibility index (Phi) is 5.50. The highest BCUT2D eigenvalue weighted by Gasteiger charge is 2.31. The molecule has 1 aliphatic rings. The number of rotatable bonds is 4. The van der Waals surface area contributed by atoms with Crippen molar-refractivity contribution < 1.29 is 19.4 Å². The number of nitrogens with zero attached hydrogens (tertiary/aromatic N) is 1. The highest BCUT2D eigenvalue weighted by atomic mass is 35.5. The van der Waals surface area contributed by atoms with E-state index in [-0.39, 0.29) is 24.3 Å². The predicted molar refractivity (Wildman–Crippen MR) is 80.7 cm³/mol. The van der Waals surface area contributed by atoms with Crippen molar-refractivity contribution in [2.45, 2.75) is 23.2 Å². The smallest absolute Gasteiger partial charge is 0.334 e. The maximum absolute atomic E-state index is 12.4. The Bertz CT molecular complexity index is 539. The number of thioether (sulfide) groups is 1. The van der Waals surface area contributed by atoms with Gasteiger partial charge in [-0.05, 0) is 19.1 Å². The first-order valence-corrected chi connectivity index (χ1v) is 7.79. The van der Waals surface area contributed by atoms with E-state index in [9.17, 15) is 9.59 Å². The first-order valence-electron chi connectivity index (χ1n) is 6.53. The fraction of sp³-hybridized carbons (Fsp3) is 0.429. The van der Waals surface area contributed by atoms with Crippen LogP contribution in [0.2, 0.25) is 5.02 Å². The summed E-state index contributed by atoms with van der Waals surface area (Å²) in [4.78, 5) is 25.7. The van der Waals surface area contributed by atoms with Crippen LogP contribution in [0.3, 0.4) is 0 Å². The molecular formula is C14H16ClNO4S. The van der Waals surface area contributed by atoms with Crippen molar-refractivity contribution in [3.05, 3.63) is 29.3 Å². The minimum Gasteiger partial charge on any atom is -0.479 e. The monoisotopic (exact) mass is 329 g/mol. The molecule has 1 aromatic rings. The molecule has 2 rings (SSSR count). The van der Waals surface area contributed by atoms with E-state index in [1.165, 1.54) is 16.7 Å². The Morgan fingerprint density at radius 1 is 1.48 bits per heavy atom. The average Bonchev–Trinajstić information content (AvgIpc) is 2.49. The van der Waals surface area contributed by atoms with E-state index in [4.69, 9.17) is 21.4 Å². The number of hydrogen-bond donors (Lipinski definition) is 1. The fourth-order valence-corrected chi connectivity index (χ4v) is 3.28. The number of carbonyl (C=O) groups is 2. The molecule has 0 bridgehead atoms. The second-order valence-electron chi connectivity index (χ2n) is 4.67. The molecule has 1 N–H and O–H groups in total. The zero-order chi connectivity index (χ0) is 15.4. The summed E-state index contributed by atoms with van der Waals surface area (Å²) >= 11 is 7.45. The number of aliphatic carboxylic acids is 1. The summed E-state index contributed by atoms with van der Waals surface area (Å²) in [5, 5.41) is 9.23. The number of morpholine rings is 1. The molecule has 0 aliphatic carbocycles. The van der Waals surface area contributed by atoms with Crippen molar-refractivity contribution in [2.24, 2.45) is 0 Å². The molecule has 1 saturated heterocycles. The number of hydrogen-bond acceptors (Lipinski definition) is 4. The second kappa shape index (κ2) is 7.15. The van der Waals surface area contributed by atoms with E-state index >= 15 is 0 Å². The Labute approximate surface area is 132 Å². The number of ether oxygens (including phenoxy) is 1. The van der Waals surface area contributed by atoms with Crippen LogP contribution < -0.4 is 0 Å². The molecule has 0 saturated carbocycles. The lowest BCUT2D eigenvalue weighted by atomic mass is 10.2. The summed E-state index contributed by atoms with van der Waals surface area (Å²) in [5.74, 6) is -1.15. The molecule has 1 aliphatic heterocycles. The molecule has 0 aromatic heterocycles. The summed E-state index contributed by atoms with van der Waals surface area (Å²) in [6.07, 6.45) is -0.944. The van der Waals surface area contributed by atoms with Crippen LogP contribution in [0.1, 0.15) is 6.92 Å². The predicted octanol–water partition coefficient (Wildman–Crippen LogP) is 2.13. The first-order chi connectivity index (χ1) is 9.99. The van der Waals surface area contributed by atoms with Gasteiger partial charge in [-0.15, -0.1) is 11.8 Å². The Hall–Kier alpha value is -1.24. The van der Waals surface area contributed by atoms with Gasteiger partial charge < -0.3 is 14.7 Å². The molecule has 2 atom stereocenters. The van der Waals surface area contributed by atoms with Crippen LogP contribution in [0.4, 0.5) is 0 Å². The van der Waals surface area contributed by atoms with Gasteiger partial charge in [0.2, 0.25) is 5.91 Å². The van der Waals surface area contributed by atoms with Gasteiger partial charge in [0.15, 0.2) is 6.10 Å². The lowest BCUT2D eigenvalue weighted by Gasteiger charge is -2.32. The molecule has 114 valence electrons. The largest absolute Gasteiger partial charge is 0.479 e. The van der Waals surface area contributed by atoms with Crippen LogP contribution in [0.15, 0.2) is 29.2 Å². The standard InChI is InChI=1S/C14H16ClNO4S/c1-9(21-12-5-3-2-4-10(12)15)13(17)16-6-7-20-11(8-16)14(18)19/h2-5,9,11H,6-8H2,1H3,(H,18,19). The summed E-state index contributed by atoms with van der Waals surface area (Å²) in [6, 6.07) is 7.32. The lowest BCUT2D eigenvalue weighted by molar-refractivity contribution is -0.159. The van der Waals surface area contributed by atoms with E-state index in [1.807, 2.05) is 18.2 Å². The van der Waals surface area contributed by atoms with Gasteiger partial charge in [0.05, 0.1) is 23.4 Å². The van der Waals surface area contributed by atoms with Gasteiger partial charge in [-0.1, -0.05) is 23.7 Å². The zero-order valence-corrected chi connectivity index (χ0v) is 13.1. The lowest BCUT2D eigenvalue weighted by Crippen LogP contribution is -2.50. The summed E-state index contributed by atoms with van der Waals surface area (Å²) < 4.78 is 5.12. The van der Waals surface area contributed by atoms with Gasteiger partial charge >= 0.3 is 5.97 Å². The zero-order valence-electron chi connectivity index (χ0n) is 11.5. The normalized spacial score (nSPS) is 20.1. The van der Waals surface area contributed by atoms with Crippen LogP contribution in [0, 0.1) is 0 Å². The van der Waals surface area contributed by atoms with E-state index < -0.39 is 12.1 Å². The third-order valence-corrected chi connectivity index (χ3v) is 4.75. The molecule has 5 nitrogen and oxygen atoms in total. The highest BCUT2D eigenvalue weighted by molar-refractivity contribution is 8.00. The van der Waals surface area contributed by atoms with Crippen molar-refractivity contribution in [2.75, 3.05) is 19.7 Å². The molecule has 21 heavy (non-hydrogen) atoms. The van der Waals surface area contributed by atoms with Crippen molar-refractivity contribution in [3.8, 4) is 0 Å². The maximum atomic E-state index is 12.4. The molecule has 7 heteroatoms. The van der Waals surface area contributed by atoms with Crippen molar-refractivity contribution in [1.29, 1.82) is 0 Å². The molecule has 0 radical (unpaired) electrons. The Morgan fingerprint density at radius 3 is 2.86 bits per heavy atom. The molecule has 0 spiro atoms. The molecular weight excluding hydrogens is 314 g/mol. The summed E-state index contributed by atoms with van der Waals surface area (Å²) in [5.41, 5.74) is 0. The molecule has 1 aromatic carbocycles. The van der Waals surface area contributed by atoms with Crippen LogP contribution in [0.25, 0.3) is 0 Å². The van der Waals surface area contributed by atoms with Gasteiger partial charge in [0.1, 0.15) is 0 Å². The van der Waals surface area contributed by atoms with Gasteiger partial charge in [-0.3, -0.25) is 4.79 Å². The van der Waals surface area contributed by atoms with Gasteiger partial charge in [-0.25, -0.2) is 4.79 Å². The van der Waals surface area contributed by atoms with E-state index in [0.29, 0.717) is 11.6 Å². The number of halogens is 1. The van der Waals surface area contributed by atoms with E-state index in [1.54, 1.807) is 13.0 Å². The molecule has 2 unspecified atom stereocenters. The molecule has 1 fully saturated rings.